The molecule has 1 aromatic heterocycles. The molecular weight excluding hydrogens is 362 g/mol. The molecule has 158 valence electrons. The van der Waals surface area contributed by atoms with Gasteiger partial charge in [0.1, 0.15) is 12.2 Å². The number of nitrogens with zero attached hydrogens (tertiary/aromatic N) is 6. The fourth-order valence-corrected chi connectivity index (χ4v) is 3.70. The summed E-state index contributed by atoms with van der Waals surface area (Å²) in [6.45, 7) is 14.4. The van der Waals surface area contributed by atoms with Crippen molar-refractivity contribution < 1.29 is 0 Å². The van der Waals surface area contributed by atoms with E-state index in [-0.39, 0.29) is 0 Å². The molecule has 0 atom stereocenters. The average Bonchev–Trinajstić information content (AvgIpc) is 3.19. The van der Waals surface area contributed by atoms with Crippen molar-refractivity contribution in [2.45, 2.75) is 40.3 Å². The Morgan fingerprint density at radius 3 is 2.59 bits per heavy atom. The minimum absolute atomic E-state index is 0.697. The van der Waals surface area contributed by atoms with Crippen molar-refractivity contribution in [1.29, 1.82) is 0 Å². The van der Waals surface area contributed by atoms with Crippen LogP contribution in [0.5, 0.6) is 0 Å². The van der Waals surface area contributed by atoms with E-state index >= 15 is 0 Å². The van der Waals surface area contributed by atoms with Gasteiger partial charge in [0.2, 0.25) is 0 Å². The summed E-state index contributed by atoms with van der Waals surface area (Å²) in [7, 11) is 0. The molecule has 1 saturated heterocycles. The van der Waals surface area contributed by atoms with Crippen molar-refractivity contribution in [1.82, 2.24) is 29.9 Å². The van der Waals surface area contributed by atoms with Crippen LogP contribution in [0.25, 0.3) is 0 Å². The second-order valence-electron chi connectivity index (χ2n) is 8.03. The highest BCUT2D eigenvalue weighted by molar-refractivity contribution is 5.80. The van der Waals surface area contributed by atoms with Crippen molar-refractivity contribution in [3.63, 3.8) is 0 Å². The molecule has 29 heavy (non-hydrogen) atoms. The van der Waals surface area contributed by atoms with Gasteiger partial charge in [-0.3, -0.25) is 4.90 Å². The molecule has 0 spiro atoms. The molecular formula is C22H35N7. The lowest BCUT2D eigenvalue weighted by atomic mass is 10.2. The lowest BCUT2D eigenvalue weighted by Gasteiger charge is -2.37. The normalized spacial score (nSPS) is 15.9. The van der Waals surface area contributed by atoms with Crippen LogP contribution in [0.1, 0.15) is 32.2 Å². The molecule has 1 fully saturated rings. The van der Waals surface area contributed by atoms with Crippen LogP contribution in [0.4, 0.5) is 0 Å². The molecule has 7 heteroatoms. The summed E-state index contributed by atoms with van der Waals surface area (Å²) in [5.41, 5.74) is 1.23. The Morgan fingerprint density at radius 1 is 1.14 bits per heavy atom. The predicted molar refractivity (Wildman–Crippen MR) is 118 cm³/mol. The molecule has 7 nitrogen and oxygen atoms in total. The van der Waals surface area contributed by atoms with Gasteiger partial charge in [-0.2, -0.15) is 0 Å². The average molecular weight is 398 g/mol. The molecule has 1 aliphatic rings. The zero-order chi connectivity index (χ0) is 20.5. The van der Waals surface area contributed by atoms with Crippen LogP contribution in [-0.2, 0) is 19.5 Å². The first-order chi connectivity index (χ1) is 14.2. The zero-order valence-corrected chi connectivity index (χ0v) is 18.1. The van der Waals surface area contributed by atoms with Crippen LogP contribution < -0.4 is 5.32 Å². The predicted octanol–water partition coefficient (Wildman–Crippen LogP) is 2.26. The van der Waals surface area contributed by atoms with E-state index in [0.717, 1.165) is 57.5 Å². The second-order valence-corrected chi connectivity index (χ2v) is 8.03. The van der Waals surface area contributed by atoms with Crippen molar-refractivity contribution in [3.8, 4) is 0 Å². The third kappa shape index (κ3) is 6.56. The first-order valence-electron chi connectivity index (χ1n) is 10.8. The highest BCUT2D eigenvalue weighted by Gasteiger charge is 2.20. The molecule has 0 radical (unpaired) electrons. The molecule has 3 rings (SSSR count). The van der Waals surface area contributed by atoms with Crippen LogP contribution in [0, 0.1) is 5.92 Å². The maximum atomic E-state index is 4.94. The Hall–Kier alpha value is -2.41. The van der Waals surface area contributed by atoms with Crippen molar-refractivity contribution in [3.05, 3.63) is 48.0 Å². The van der Waals surface area contributed by atoms with E-state index in [2.05, 4.69) is 74.9 Å². The van der Waals surface area contributed by atoms with Gasteiger partial charge in [-0.1, -0.05) is 51.1 Å². The number of nitrogens with one attached hydrogen (secondary N) is 1. The molecule has 0 bridgehead atoms. The van der Waals surface area contributed by atoms with E-state index in [1.807, 2.05) is 12.4 Å². The number of aliphatic imine (C=N–C) groups is 1. The zero-order valence-electron chi connectivity index (χ0n) is 18.1. The number of aryl methyl sites for hydroxylation is 1. The van der Waals surface area contributed by atoms with Gasteiger partial charge in [-0.15, -0.1) is 10.2 Å². The monoisotopic (exact) mass is 397 g/mol. The Morgan fingerprint density at radius 2 is 1.90 bits per heavy atom. The summed E-state index contributed by atoms with van der Waals surface area (Å²) in [4.78, 5) is 9.89. The molecule has 1 N–H and O–H groups in total. The van der Waals surface area contributed by atoms with Crippen LogP contribution >= 0.6 is 0 Å². The van der Waals surface area contributed by atoms with Gasteiger partial charge in [0.15, 0.2) is 5.96 Å². The summed E-state index contributed by atoms with van der Waals surface area (Å²) in [5.74, 6) is 2.74. The fourth-order valence-electron chi connectivity index (χ4n) is 3.70. The van der Waals surface area contributed by atoms with E-state index in [0.29, 0.717) is 12.5 Å². The molecule has 2 aromatic rings. The largest absolute Gasteiger partial charge is 0.354 e. The number of hydrogen-bond donors (Lipinski definition) is 1. The summed E-state index contributed by atoms with van der Waals surface area (Å²) in [6.07, 6.45) is 2.71. The summed E-state index contributed by atoms with van der Waals surface area (Å²) >= 11 is 0. The van der Waals surface area contributed by atoms with Gasteiger partial charge in [0.25, 0.3) is 0 Å². The Balaban J connectivity index is 1.60. The van der Waals surface area contributed by atoms with Crippen molar-refractivity contribution in [2.75, 3.05) is 39.3 Å². The Kier molecular flexibility index (Phi) is 8.04. The van der Waals surface area contributed by atoms with Crippen LogP contribution in [0.3, 0.4) is 0 Å². The SMILES string of the molecule is CCc1nncn1CCNC(=NCc1ccccc1)N1CCN(CC(C)C)CC1. The molecule has 1 aromatic carbocycles. The molecule has 0 saturated carbocycles. The van der Waals surface area contributed by atoms with Crippen molar-refractivity contribution >= 4 is 5.96 Å². The summed E-state index contributed by atoms with van der Waals surface area (Å²) < 4.78 is 2.11. The molecule has 0 amide bonds. The van der Waals surface area contributed by atoms with Gasteiger partial charge in [-0.05, 0) is 11.5 Å². The lowest BCUT2D eigenvalue weighted by Crippen LogP contribution is -2.53. The van der Waals surface area contributed by atoms with E-state index in [1.165, 1.54) is 12.1 Å². The van der Waals surface area contributed by atoms with E-state index in [9.17, 15) is 0 Å². The van der Waals surface area contributed by atoms with E-state index < -0.39 is 0 Å². The number of benzene rings is 1. The standard InChI is InChI=1S/C22H35N7/c1-4-21-26-25-18-29(21)11-10-23-22(24-16-20-8-6-5-7-9-20)28-14-12-27(13-15-28)17-19(2)3/h5-9,18-19H,4,10-17H2,1-3H3,(H,23,24). The third-order valence-corrected chi connectivity index (χ3v) is 5.20. The smallest absolute Gasteiger partial charge is 0.194 e. The van der Waals surface area contributed by atoms with Gasteiger partial charge in [-0.25, -0.2) is 4.99 Å². The lowest BCUT2D eigenvalue weighted by molar-refractivity contribution is 0.163. The summed E-state index contributed by atoms with van der Waals surface area (Å²) in [5, 5.41) is 11.8. The molecule has 0 aliphatic carbocycles. The number of guanidine groups is 1. The van der Waals surface area contributed by atoms with Gasteiger partial charge < -0.3 is 14.8 Å². The Bertz CT molecular complexity index is 746. The van der Waals surface area contributed by atoms with Gasteiger partial charge >= 0.3 is 0 Å². The van der Waals surface area contributed by atoms with E-state index in [1.54, 1.807) is 0 Å². The minimum atomic E-state index is 0.697. The number of rotatable bonds is 8. The molecule has 2 heterocycles. The third-order valence-electron chi connectivity index (χ3n) is 5.20. The highest BCUT2D eigenvalue weighted by Crippen LogP contribution is 2.07. The van der Waals surface area contributed by atoms with Gasteiger partial charge in [0, 0.05) is 52.2 Å². The minimum Gasteiger partial charge on any atom is -0.354 e. The molecule has 1 aliphatic heterocycles. The maximum Gasteiger partial charge on any atom is 0.194 e. The van der Waals surface area contributed by atoms with Crippen LogP contribution in [0.2, 0.25) is 0 Å². The van der Waals surface area contributed by atoms with E-state index in [4.69, 9.17) is 4.99 Å². The second kappa shape index (κ2) is 11.0. The van der Waals surface area contributed by atoms with Crippen LogP contribution in [-0.4, -0.2) is 69.8 Å². The van der Waals surface area contributed by atoms with Crippen molar-refractivity contribution in [2.24, 2.45) is 10.9 Å². The molecule has 0 unspecified atom stereocenters. The quantitative estimate of drug-likeness (QED) is 0.547. The first kappa shape index (κ1) is 21.3. The summed E-state index contributed by atoms with van der Waals surface area (Å²) in [6, 6.07) is 10.4. The number of piperazine rings is 1. The number of aromatic nitrogens is 3. The number of hydrogen-bond acceptors (Lipinski definition) is 4. The Labute approximate surface area is 174 Å². The maximum absolute atomic E-state index is 4.94. The topological polar surface area (TPSA) is 61.6 Å². The van der Waals surface area contributed by atoms with Gasteiger partial charge in [0.05, 0.1) is 6.54 Å². The first-order valence-corrected chi connectivity index (χ1v) is 10.8. The van der Waals surface area contributed by atoms with Crippen LogP contribution in [0.15, 0.2) is 41.7 Å². The fraction of sp³-hybridized carbons (Fsp3) is 0.591. The highest BCUT2D eigenvalue weighted by atomic mass is 15.4.